The summed E-state index contributed by atoms with van der Waals surface area (Å²) in [7, 11) is 0. The van der Waals surface area contributed by atoms with Gasteiger partial charge in [-0.1, -0.05) is 6.92 Å². The molecule has 1 aliphatic rings. The Bertz CT molecular complexity index is 336. The van der Waals surface area contributed by atoms with Crippen LogP contribution in [0.25, 0.3) is 0 Å². The number of nitrogens with zero attached hydrogens (tertiary/aromatic N) is 1. The number of hydrogen-bond acceptors (Lipinski definition) is 4. The Labute approximate surface area is 106 Å². The van der Waals surface area contributed by atoms with E-state index in [-0.39, 0.29) is 50.1 Å². The second-order valence-corrected chi connectivity index (χ2v) is 4.82. The maximum absolute atomic E-state index is 11.5. The van der Waals surface area contributed by atoms with Gasteiger partial charge in [0.15, 0.2) is 0 Å². The van der Waals surface area contributed by atoms with Crippen molar-refractivity contribution in [1.82, 2.24) is 10.2 Å². The molecule has 1 saturated heterocycles. The summed E-state index contributed by atoms with van der Waals surface area (Å²) in [5, 5.41) is 12.3. The molecule has 1 heterocycles. The zero-order chi connectivity index (χ0) is 13.8. The summed E-state index contributed by atoms with van der Waals surface area (Å²) in [5.41, 5.74) is -0.922. The Kier molecular flexibility index (Phi) is 4.84. The molecule has 1 atom stereocenters. The summed E-state index contributed by atoms with van der Waals surface area (Å²) in [4.78, 5) is 35.2. The highest BCUT2D eigenvalue weighted by Gasteiger charge is 2.29. The van der Waals surface area contributed by atoms with E-state index in [0.717, 1.165) is 4.90 Å². The fraction of sp³-hybridized carbons (Fsp3) is 0.750. The molecule has 1 unspecified atom stereocenters. The predicted molar refractivity (Wildman–Crippen MR) is 64.5 cm³/mol. The number of carbonyl (C=O) groups is 3. The van der Waals surface area contributed by atoms with Crippen LogP contribution in [-0.4, -0.2) is 46.4 Å². The second kappa shape index (κ2) is 5.95. The van der Waals surface area contributed by atoms with Gasteiger partial charge in [-0.15, -0.1) is 0 Å². The molecule has 6 nitrogen and oxygen atoms in total. The van der Waals surface area contributed by atoms with Crippen LogP contribution < -0.4 is 5.32 Å². The minimum atomic E-state index is -0.922. The van der Waals surface area contributed by atoms with Gasteiger partial charge in [-0.25, -0.2) is 0 Å². The molecule has 0 aromatic carbocycles. The lowest BCUT2D eigenvalue weighted by atomic mass is 10.0. The van der Waals surface area contributed by atoms with Crippen LogP contribution in [-0.2, 0) is 14.4 Å². The standard InChI is InChI=1S/C12H20N2O4/c1-3-12(2,18)8-13-9(15)6-7-14-10(16)4-5-11(14)17/h18H,3-8H2,1-2H3,(H,13,15). The Morgan fingerprint density at radius 3 is 2.44 bits per heavy atom. The van der Waals surface area contributed by atoms with Crippen molar-refractivity contribution < 1.29 is 19.5 Å². The van der Waals surface area contributed by atoms with Gasteiger partial charge in [0.1, 0.15) is 0 Å². The van der Waals surface area contributed by atoms with Crippen molar-refractivity contribution in [1.29, 1.82) is 0 Å². The van der Waals surface area contributed by atoms with Gasteiger partial charge in [-0.05, 0) is 13.3 Å². The van der Waals surface area contributed by atoms with Crippen molar-refractivity contribution in [2.75, 3.05) is 13.1 Å². The maximum Gasteiger partial charge on any atom is 0.229 e. The Hall–Kier alpha value is -1.43. The van der Waals surface area contributed by atoms with E-state index in [1.165, 1.54) is 0 Å². The number of nitrogens with one attached hydrogen (secondary N) is 1. The first-order chi connectivity index (χ1) is 8.35. The second-order valence-electron chi connectivity index (χ2n) is 4.82. The number of aliphatic hydroxyl groups is 1. The van der Waals surface area contributed by atoms with Crippen molar-refractivity contribution in [3.8, 4) is 0 Å². The lowest BCUT2D eigenvalue weighted by molar-refractivity contribution is -0.138. The monoisotopic (exact) mass is 256 g/mol. The minimum Gasteiger partial charge on any atom is -0.388 e. The van der Waals surface area contributed by atoms with Crippen LogP contribution in [0.3, 0.4) is 0 Å². The van der Waals surface area contributed by atoms with Gasteiger partial charge in [0.25, 0.3) is 0 Å². The van der Waals surface area contributed by atoms with Gasteiger partial charge in [-0.3, -0.25) is 19.3 Å². The van der Waals surface area contributed by atoms with Crippen molar-refractivity contribution in [3.63, 3.8) is 0 Å². The third kappa shape index (κ3) is 4.10. The zero-order valence-electron chi connectivity index (χ0n) is 10.9. The SMILES string of the molecule is CCC(C)(O)CNC(=O)CCN1C(=O)CCC1=O. The van der Waals surface area contributed by atoms with Crippen LogP contribution in [0.15, 0.2) is 0 Å². The molecule has 102 valence electrons. The molecule has 0 saturated carbocycles. The summed E-state index contributed by atoms with van der Waals surface area (Å²) >= 11 is 0. The summed E-state index contributed by atoms with van der Waals surface area (Å²) in [6, 6.07) is 0. The van der Waals surface area contributed by atoms with Crippen LogP contribution >= 0.6 is 0 Å². The van der Waals surface area contributed by atoms with E-state index < -0.39 is 5.60 Å². The molecule has 0 spiro atoms. The Morgan fingerprint density at radius 1 is 1.39 bits per heavy atom. The fourth-order valence-corrected chi connectivity index (χ4v) is 1.59. The van der Waals surface area contributed by atoms with Gasteiger partial charge in [0.05, 0.1) is 5.60 Å². The minimum absolute atomic E-state index is 0.0806. The van der Waals surface area contributed by atoms with Gasteiger partial charge < -0.3 is 10.4 Å². The van der Waals surface area contributed by atoms with E-state index in [9.17, 15) is 19.5 Å². The zero-order valence-corrected chi connectivity index (χ0v) is 10.9. The number of amides is 3. The number of carbonyl (C=O) groups excluding carboxylic acids is 3. The molecule has 1 fully saturated rings. The van der Waals surface area contributed by atoms with Crippen LogP contribution in [0.2, 0.25) is 0 Å². The molecule has 0 aliphatic carbocycles. The highest BCUT2D eigenvalue weighted by atomic mass is 16.3. The van der Waals surface area contributed by atoms with Crippen LogP contribution in [0.5, 0.6) is 0 Å². The molecule has 6 heteroatoms. The third-order valence-corrected chi connectivity index (χ3v) is 3.15. The highest BCUT2D eigenvalue weighted by molar-refractivity contribution is 6.02. The molecule has 18 heavy (non-hydrogen) atoms. The molecule has 2 N–H and O–H groups in total. The number of likely N-dealkylation sites (tertiary alicyclic amines) is 1. The van der Waals surface area contributed by atoms with Gasteiger partial charge in [-0.2, -0.15) is 0 Å². The topological polar surface area (TPSA) is 86.7 Å². The molecule has 0 aromatic rings. The average molecular weight is 256 g/mol. The summed E-state index contributed by atoms with van der Waals surface area (Å²) in [5.74, 6) is -0.696. The quantitative estimate of drug-likeness (QED) is 0.644. The van der Waals surface area contributed by atoms with Crippen molar-refractivity contribution in [3.05, 3.63) is 0 Å². The fourth-order valence-electron chi connectivity index (χ4n) is 1.59. The maximum atomic E-state index is 11.5. The Balaban J connectivity index is 2.29. The molecule has 0 radical (unpaired) electrons. The smallest absolute Gasteiger partial charge is 0.229 e. The van der Waals surface area contributed by atoms with Gasteiger partial charge in [0.2, 0.25) is 17.7 Å². The van der Waals surface area contributed by atoms with E-state index in [1.54, 1.807) is 6.92 Å². The first kappa shape index (κ1) is 14.6. The average Bonchev–Trinajstić information content (AvgIpc) is 2.64. The molecule has 0 bridgehead atoms. The van der Waals surface area contributed by atoms with Crippen molar-refractivity contribution in [2.24, 2.45) is 0 Å². The van der Waals surface area contributed by atoms with E-state index in [4.69, 9.17) is 0 Å². The number of rotatable bonds is 6. The third-order valence-electron chi connectivity index (χ3n) is 3.15. The van der Waals surface area contributed by atoms with Crippen LogP contribution in [0.1, 0.15) is 39.5 Å². The molecule has 0 aromatic heterocycles. The van der Waals surface area contributed by atoms with Crippen LogP contribution in [0.4, 0.5) is 0 Å². The highest BCUT2D eigenvalue weighted by Crippen LogP contribution is 2.12. The normalized spacial score (nSPS) is 18.9. The molecule has 1 aliphatic heterocycles. The van der Waals surface area contributed by atoms with Gasteiger partial charge in [0, 0.05) is 32.4 Å². The molecular formula is C12H20N2O4. The van der Waals surface area contributed by atoms with E-state index in [0.29, 0.717) is 6.42 Å². The number of imide groups is 1. The number of hydrogen-bond donors (Lipinski definition) is 2. The summed E-state index contributed by atoms with van der Waals surface area (Å²) in [6.45, 7) is 3.76. The van der Waals surface area contributed by atoms with Crippen LogP contribution in [0, 0.1) is 0 Å². The van der Waals surface area contributed by atoms with E-state index >= 15 is 0 Å². The Morgan fingerprint density at radius 2 is 1.94 bits per heavy atom. The largest absolute Gasteiger partial charge is 0.388 e. The van der Waals surface area contributed by atoms with Crippen molar-refractivity contribution >= 4 is 17.7 Å². The lowest BCUT2D eigenvalue weighted by Gasteiger charge is -2.21. The van der Waals surface area contributed by atoms with Gasteiger partial charge >= 0.3 is 0 Å². The van der Waals surface area contributed by atoms with Crippen molar-refractivity contribution in [2.45, 2.75) is 45.1 Å². The molecule has 3 amide bonds. The van der Waals surface area contributed by atoms with E-state index in [1.807, 2.05) is 6.92 Å². The molecular weight excluding hydrogens is 236 g/mol. The first-order valence-corrected chi connectivity index (χ1v) is 6.18. The van der Waals surface area contributed by atoms with E-state index in [2.05, 4.69) is 5.32 Å². The lowest BCUT2D eigenvalue weighted by Crippen LogP contribution is -2.41. The molecule has 1 rings (SSSR count). The predicted octanol–water partition coefficient (Wildman–Crippen LogP) is -0.197. The summed E-state index contributed by atoms with van der Waals surface area (Å²) < 4.78 is 0. The first-order valence-electron chi connectivity index (χ1n) is 6.18. The summed E-state index contributed by atoms with van der Waals surface area (Å²) in [6.07, 6.45) is 1.10.